The standard InChI is InChI=1S/C19H30O3.C8H14O6/c1-18(2,3)15-11-7-10-14-17(20)21-22-19(4,5)16-12-8-6-9-13-16;1-3-5-11-7(9)13-14-8(10)12-6-4-2/h6,8-9,12-13H,7,10-11,14-15H2,1-5H3;3-6H2,1-2H3. The molecule has 1 rings (SSSR count). The fourth-order valence-electron chi connectivity index (χ4n) is 2.67. The summed E-state index contributed by atoms with van der Waals surface area (Å²) in [5, 5.41) is 0. The zero-order chi connectivity index (χ0) is 27.5. The first-order valence-corrected chi connectivity index (χ1v) is 12.5. The molecule has 206 valence electrons. The monoisotopic (exact) mass is 512 g/mol. The molecule has 0 N–H and O–H groups in total. The summed E-state index contributed by atoms with van der Waals surface area (Å²) >= 11 is 0. The van der Waals surface area contributed by atoms with E-state index in [1.807, 2.05) is 58.0 Å². The van der Waals surface area contributed by atoms with Crippen molar-refractivity contribution in [1.82, 2.24) is 0 Å². The highest BCUT2D eigenvalue weighted by Gasteiger charge is 2.24. The lowest BCUT2D eigenvalue weighted by Crippen LogP contribution is -2.23. The molecule has 0 aliphatic rings. The predicted molar refractivity (Wildman–Crippen MR) is 135 cm³/mol. The molecule has 0 amide bonds. The van der Waals surface area contributed by atoms with Crippen LogP contribution in [0.25, 0.3) is 0 Å². The minimum atomic E-state index is -1.06. The van der Waals surface area contributed by atoms with Crippen LogP contribution in [0.4, 0.5) is 9.59 Å². The lowest BCUT2D eigenvalue weighted by Gasteiger charge is -2.23. The van der Waals surface area contributed by atoms with Crippen LogP contribution < -0.4 is 0 Å². The molecule has 0 aromatic heterocycles. The minimum absolute atomic E-state index is 0.214. The second-order valence-electron chi connectivity index (χ2n) is 9.90. The Balaban J connectivity index is 0.000000757. The van der Waals surface area contributed by atoms with Crippen molar-refractivity contribution in [3.05, 3.63) is 35.9 Å². The SMILES string of the molecule is CC(C)(C)CCCCCC(=O)OOC(C)(C)c1ccccc1.CCCOC(=O)OOC(=O)OCCC. The molecule has 0 radical (unpaired) electrons. The number of ether oxygens (including phenoxy) is 2. The van der Waals surface area contributed by atoms with E-state index >= 15 is 0 Å². The van der Waals surface area contributed by atoms with Crippen LogP contribution in [0, 0.1) is 5.41 Å². The van der Waals surface area contributed by atoms with Crippen molar-refractivity contribution in [3.8, 4) is 0 Å². The van der Waals surface area contributed by atoms with Crippen molar-refractivity contribution in [2.24, 2.45) is 5.41 Å². The molecule has 0 heterocycles. The third-order valence-corrected chi connectivity index (χ3v) is 4.65. The van der Waals surface area contributed by atoms with E-state index in [-0.39, 0.29) is 19.2 Å². The molecule has 9 heteroatoms. The molecule has 0 saturated heterocycles. The van der Waals surface area contributed by atoms with E-state index in [1.165, 1.54) is 6.42 Å². The average molecular weight is 513 g/mol. The topological polar surface area (TPSA) is 107 Å². The van der Waals surface area contributed by atoms with E-state index in [4.69, 9.17) is 9.78 Å². The van der Waals surface area contributed by atoms with Gasteiger partial charge in [0.1, 0.15) is 5.60 Å². The molecule has 0 spiro atoms. The molecule has 1 aromatic carbocycles. The number of carbonyl (C=O) groups is 3. The largest absolute Gasteiger partial charge is 0.549 e. The Bertz CT molecular complexity index is 719. The van der Waals surface area contributed by atoms with Gasteiger partial charge in [0.05, 0.1) is 13.2 Å². The lowest BCUT2D eigenvalue weighted by atomic mass is 9.89. The first kappa shape index (κ1) is 33.2. The fourth-order valence-corrected chi connectivity index (χ4v) is 2.67. The summed E-state index contributed by atoms with van der Waals surface area (Å²) in [6, 6.07) is 9.75. The maximum absolute atomic E-state index is 11.7. The zero-order valence-electron chi connectivity index (χ0n) is 22.9. The summed E-state index contributed by atoms with van der Waals surface area (Å²) in [5.41, 5.74) is 0.708. The first-order valence-electron chi connectivity index (χ1n) is 12.5. The predicted octanol–water partition coefficient (Wildman–Crippen LogP) is 7.42. The Morgan fingerprint density at radius 2 is 1.25 bits per heavy atom. The Hall–Kier alpha value is -2.81. The van der Waals surface area contributed by atoms with Crippen LogP contribution in [0.15, 0.2) is 30.3 Å². The molecule has 0 atom stereocenters. The zero-order valence-corrected chi connectivity index (χ0v) is 22.9. The quantitative estimate of drug-likeness (QED) is 0.122. The van der Waals surface area contributed by atoms with Crippen molar-refractivity contribution in [3.63, 3.8) is 0 Å². The van der Waals surface area contributed by atoms with E-state index < -0.39 is 17.9 Å². The van der Waals surface area contributed by atoms with Crippen LogP contribution >= 0.6 is 0 Å². The van der Waals surface area contributed by atoms with Gasteiger partial charge in [0.25, 0.3) is 0 Å². The van der Waals surface area contributed by atoms with Gasteiger partial charge >= 0.3 is 18.3 Å². The van der Waals surface area contributed by atoms with Gasteiger partial charge in [0.15, 0.2) is 0 Å². The summed E-state index contributed by atoms with van der Waals surface area (Å²) < 4.78 is 8.90. The maximum Gasteiger partial charge on any atom is 0.549 e. The van der Waals surface area contributed by atoms with Gasteiger partial charge in [0, 0.05) is 6.42 Å². The second kappa shape index (κ2) is 18.5. The number of unbranched alkanes of at least 4 members (excludes halogenated alkanes) is 2. The van der Waals surface area contributed by atoms with Gasteiger partial charge in [-0.05, 0) is 50.5 Å². The van der Waals surface area contributed by atoms with E-state index in [2.05, 4.69) is 40.0 Å². The number of hydrogen-bond acceptors (Lipinski definition) is 9. The van der Waals surface area contributed by atoms with Crippen molar-refractivity contribution < 1.29 is 43.4 Å². The van der Waals surface area contributed by atoms with E-state index in [1.54, 1.807) is 0 Å². The Morgan fingerprint density at radius 3 is 1.72 bits per heavy atom. The Morgan fingerprint density at radius 1 is 0.722 bits per heavy atom. The molecule has 9 nitrogen and oxygen atoms in total. The Labute approximate surface area is 215 Å². The molecular formula is C27H44O9. The van der Waals surface area contributed by atoms with E-state index in [0.29, 0.717) is 24.7 Å². The van der Waals surface area contributed by atoms with Crippen LogP contribution in [0.3, 0.4) is 0 Å². The number of benzene rings is 1. The third kappa shape index (κ3) is 18.5. The van der Waals surface area contributed by atoms with Gasteiger partial charge in [-0.25, -0.2) is 4.79 Å². The molecule has 0 fully saturated rings. The smallest absolute Gasteiger partial charge is 0.432 e. The first-order chi connectivity index (χ1) is 16.9. The van der Waals surface area contributed by atoms with Gasteiger partial charge in [0.2, 0.25) is 0 Å². The molecule has 0 saturated carbocycles. The molecule has 1 aromatic rings. The van der Waals surface area contributed by atoms with Gasteiger partial charge in [-0.3, -0.25) is 4.89 Å². The van der Waals surface area contributed by atoms with E-state index in [9.17, 15) is 14.4 Å². The van der Waals surface area contributed by atoms with Crippen LogP contribution in [-0.4, -0.2) is 31.5 Å². The van der Waals surface area contributed by atoms with Crippen LogP contribution in [0.1, 0.15) is 99.0 Å². The summed E-state index contributed by atoms with van der Waals surface area (Å²) in [6.45, 7) is 14.6. The molecule has 0 aliphatic carbocycles. The summed E-state index contributed by atoms with van der Waals surface area (Å²) in [4.78, 5) is 51.2. The molecular weight excluding hydrogens is 468 g/mol. The van der Waals surface area contributed by atoms with Crippen LogP contribution in [-0.2, 0) is 39.4 Å². The lowest BCUT2D eigenvalue weighted by molar-refractivity contribution is -0.329. The maximum atomic E-state index is 11.7. The fraction of sp³-hybridized carbons (Fsp3) is 0.667. The van der Waals surface area contributed by atoms with Crippen LogP contribution in [0.2, 0.25) is 0 Å². The van der Waals surface area contributed by atoms with Gasteiger partial charge in [-0.15, -0.1) is 0 Å². The number of rotatable bonds is 12. The molecule has 0 bridgehead atoms. The van der Waals surface area contributed by atoms with Crippen molar-refractivity contribution in [2.75, 3.05) is 13.2 Å². The Kier molecular flexibility index (Phi) is 17.0. The van der Waals surface area contributed by atoms with Gasteiger partial charge in [-0.2, -0.15) is 24.3 Å². The number of carbonyl (C=O) groups excluding carboxylic acids is 3. The normalized spacial score (nSPS) is 11.0. The molecule has 0 unspecified atom stereocenters. The summed E-state index contributed by atoms with van der Waals surface area (Å²) in [5.74, 6) is -0.292. The highest BCUT2D eigenvalue weighted by Crippen LogP contribution is 2.25. The third-order valence-electron chi connectivity index (χ3n) is 4.65. The molecule has 0 aliphatic heterocycles. The minimum Gasteiger partial charge on any atom is -0.432 e. The number of hydrogen-bond donors (Lipinski definition) is 0. The summed E-state index contributed by atoms with van der Waals surface area (Å²) in [6.07, 6.45) is 3.85. The van der Waals surface area contributed by atoms with Crippen molar-refractivity contribution in [1.29, 1.82) is 0 Å². The van der Waals surface area contributed by atoms with Gasteiger partial charge in [-0.1, -0.05) is 77.8 Å². The van der Waals surface area contributed by atoms with E-state index in [0.717, 1.165) is 24.8 Å². The summed E-state index contributed by atoms with van der Waals surface area (Å²) in [7, 11) is 0. The molecule has 36 heavy (non-hydrogen) atoms. The van der Waals surface area contributed by atoms with Crippen molar-refractivity contribution >= 4 is 18.3 Å². The van der Waals surface area contributed by atoms with Crippen molar-refractivity contribution in [2.45, 2.75) is 99.0 Å². The highest BCUT2D eigenvalue weighted by atomic mass is 17.3. The highest BCUT2D eigenvalue weighted by molar-refractivity contribution is 5.68. The second-order valence-corrected chi connectivity index (χ2v) is 9.90. The van der Waals surface area contributed by atoms with Crippen LogP contribution in [0.5, 0.6) is 0 Å². The van der Waals surface area contributed by atoms with Gasteiger partial charge < -0.3 is 9.47 Å². The average Bonchev–Trinajstić information content (AvgIpc) is 2.83.